The van der Waals surface area contributed by atoms with Crippen molar-refractivity contribution in [2.75, 3.05) is 64.2 Å². The first-order chi connectivity index (χ1) is 17.1. The minimum Gasteiger partial charge on any atom is -0.454 e. The van der Waals surface area contributed by atoms with Crippen molar-refractivity contribution in [1.82, 2.24) is 19.8 Å². The maximum absolute atomic E-state index is 13.2. The number of aromatic nitrogens is 2. The first-order valence-corrected chi connectivity index (χ1v) is 12.9. The van der Waals surface area contributed by atoms with E-state index in [1.54, 1.807) is 23.5 Å². The molecule has 0 radical (unpaired) electrons. The zero-order valence-electron chi connectivity index (χ0n) is 20.1. The standard InChI is InChI=1S/C25H29N5O4S/c1-16-17(2)35-24-22(16)23(26-21(27-24)14-28-9-11-32-12-10-28)29-5-7-30(8-6-29)25(31)18-3-4-19-20(13-18)34-15-33-19/h3-4,13H,5-12,14-15H2,1-2H3. The Bertz CT molecular complexity index is 1260. The third kappa shape index (κ3) is 4.30. The van der Waals surface area contributed by atoms with Gasteiger partial charge in [0.05, 0.1) is 25.1 Å². The largest absolute Gasteiger partial charge is 0.454 e. The first kappa shape index (κ1) is 22.5. The van der Waals surface area contributed by atoms with Gasteiger partial charge in [-0.2, -0.15) is 0 Å². The normalized spacial score (nSPS) is 18.5. The van der Waals surface area contributed by atoms with Crippen molar-refractivity contribution in [3.8, 4) is 11.5 Å². The summed E-state index contributed by atoms with van der Waals surface area (Å²) in [4.78, 5) is 32.1. The number of hydrogen-bond acceptors (Lipinski definition) is 9. The maximum Gasteiger partial charge on any atom is 0.254 e. The number of morpholine rings is 1. The number of carbonyl (C=O) groups is 1. The molecule has 5 heterocycles. The second-order valence-electron chi connectivity index (χ2n) is 9.16. The topological polar surface area (TPSA) is 80.3 Å². The molecule has 1 aromatic carbocycles. The Hall–Kier alpha value is -2.95. The van der Waals surface area contributed by atoms with Gasteiger partial charge in [-0.1, -0.05) is 0 Å². The van der Waals surface area contributed by atoms with Gasteiger partial charge in [0.1, 0.15) is 16.5 Å². The number of amides is 1. The van der Waals surface area contributed by atoms with E-state index in [9.17, 15) is 4.79 Å². The number of nitrogens with zero attached hydrogens (tertiary/aromatic N) is 5. The molecule has 0 bridgehead atoms. The number of piperazine rings is 1. The summed E-state index contributed by atoms with van der Waals surface area (Å²) < 4.78 is 16.3. The van der Waals surface area contributed by atoms with E-state index in [4.69, 9.17) is 24.2 Å². The number of fused-ring (bicyclic) bond motifs is 2. The number of rotatable bonds is 4. The molecule has 0 N–H and O–H groups in total. The Labute approximate surface area is 208 Å². The molecule has 184 valence electrons. The van der Waals surface area contributed by atoms with Gasteiger partial charge >= 0.3 is 0 Å². The fraction of sp³-hybridized carbons (Fsp3) is 0.480. The second-order valence-corrected chi connectivity index (χ2v) is 10.4. The van der Waals surface area contributed by atoms with Crippen molar-refractivity contribution in [3.63, 3.8) is 0 Å². The lowest BCUT2D eigenvalue weighted by atomic mass is 10.1. The monoisotopic (exact) mass is 495 g/mol. The molecule has 2 saturated heterocycles. The lowest BCUT2D eigenvalue weighted by Gasteiger charge is -2.36. The average molecular weight is 496 g/mol. The number of aryl methyl sites for hydroxylation is 2. The Morgan fingerprint density at radius 2 is 1.77 bits per heavy atom. The van der Waals surface area contributed by atoms with Gasteiger partial charge < -0.3 is 24.0 Å². The van der Waals surface area contributed by atoms with Gasteiger partial charge in [0.25, 0.3) is 5.91 Å². The molecule has 1 amide bonds. The van der Waals surface area contributed by atoms with Crippen LogP contribution in [0.4, 0.5) is 5.82 Å². The van der Waals surface area contributed by atoms with Crippen LogP contribution in [0.1, 0.15) is 26.6 Å². The Balaban J connectivity index is 1.22. The van der Waals surface area contributed by atoms with Crippen molar-refractivity contribution < 1.29 is 19.0 Å². The Morgan fingerprint density at radius 3 is 2.57 bits per heavy atom. The van der Waals surface area contributed by atoms with Crippen LogP contribution in [0.15, 0.2) is 18.2 Å². The molecule has 9 nitrogen and oxygen atoms in total. The molecule has 3 aromatic rings. The molecule has 35 heavy (non-hydrogen) atoms. The summed E-state index contributed by atoms with van der Waals surface area (Å²) in [6, 6.07) is 5.40. The lowest BCUT2D eigenvalue weighted by Crippen LogP contribution is -2.49. The average Bonchev–Trinajstić information content (AvgIpc) is 3.47. The second kappa shape index (κ2) is 9.25. The van der Waals surface area contributed by atoms with E-state index in [1.165, 1.54) is 10.4 Å². The predicted molar refractivity (Wildman–Crippen MR) is 134 cm³/mol. The van der Waals surface area contributed by atoms with E-state index in [1.807, 2.05) is 11.0 Å². The molecule has 0 atom stereocenters. The highest BCUT2D eigenvalue weighted by atomic mass is 32.1. The fourth-order valence-electron chi connectivity index (χ4n) is 4.86. The van der Waals surface area contributed by atoms with Crippen molar-refractivity contribution in [1.29, 1.82) is 0 Å². The molecule has 2 aromatic heterocycles. The van der Waals surface area contributed by atoms with Crippen molar-refractivity contribution in [2.45, 2.75) is 20.4 Å². The summed E-state index contributed by atoms with van der Waals surface area (Å²) in [6.07, 6.45) is 0. The van der Waals surface area contributed by atoms with Crippen molar-refractivity contribution in [3.05, 3.63) is 40.0 Å². The maximum atomic E-state index is 13.2. The summed E-state index contributed by atoms with van der Waals surface area (Å²) in [7, 11) is 0. The van der Waals surface area contributed by atoms with Crippen LogP contribution in [0.3, 0.4) is 0 Å². The quantitative estimate of drug-likeness (QED) is 0.547. The van der Waals surface area contributed by atoms with Crippen LogP contribution in [0.5, 0.6) is 11.5 Å². The minimum absolute atomic E-state index is 0.0198. The van der Waals surface area contributed by atoms with Crippen LogP contribution < -0.4 is 14.4 Å². The number of anilines is 1. The molecule has 0 unspecified atom stereocenters. The summed E-state index contributed by atoms with van der Waals surface area (Å²) in [5.74, 6) is 3.19. The highest BCUT2D eigenvalue weighted by molar-refractivity contribution is 7.18. The van der Waals surface area contributed by atoms with E-state index in [2.05, 4.69) is 23.6 Å². The number of hydrogen-bond donors (Lipinski definition) is 0. The lowest BCUT2D eigenvalue weighted by molar-refractivity contribution is 0.0331. The zero-order valence-corrected chi connectivity index (χ0v) is 20.9. The van der Waals surface area contributed by atoms with Crippen molar-refractivity contribution >= 4 is 33.3 Å². The molecule has 0 spiro atoms. The number of carbonyl (C=O) groups excluding carboxylic acids is 1. The highest BCUT2D eigenvalue weighted by Crippen LogP contribution is 2.36. The number of benzene rings is 1. The summed E-state index contributed by atoms with van der Waals surface area (Å²) in [6.45, 7) is 11.3. The smallest absolute Gasteiger partial charge is 0.254 e. The molecule has 0 aliphatic carbocycles. The van der Waals surface area contributed by atoms with Gasteiger partial charge in [0.15, 0.2) is 11.5 Å². The van der Waals surface area contributed by atoms with Crippen LogP contribution >= 0.6 is 11.3 Å². The zero-order chi connectivity index (χ0) is 23.9. The molecular weight excluding hydrogens is 466 g/mol. The number of ether oxygens (including phenoxy) is 3. The molecule has 2 fully saturated rings. The van der Waals surface area contributed by atoms with Gasteiger partial charge in [-0.3, -0.25) is 9.69 Å². The van der Waals surface area contributed by atoms with E-state index in [-0.39, 0.29) is 12.7 Å². The van der Waals surface area contributed by atoms with Crippen LogP contribution in [0.25, 0.3) is 10.2 Å². The van der Waals surface area contributed by atoms with E-state index in [0.717, 1.165) is 67.8 Å². The Kier molecular flexibility index (Phi) is 5.95. The van der Waals surface area contributed by atoms with Gasteiger partial charge in [-0.05, 0) is 37.6 Å². The molecule has 3 aliphatic rings. The molecule has 10 heteroatoms. The van der Waals surface area contributed by atoms with Gasteiger partial charge in [-0.15, -0.1) is 11.3 Å². The van der Waals surface area contributed by atoms with Crippen LogP contribution in [0, 0.1) is 13.8 Å². The van der Waals surface area contributed by atoms with E-state index >= 15 is 0 Å². The molecule has 6 rings (SSSR count). The summed E-state index contributed by atoms with van der Waals surface area (Å²) in [5.41, 5.74) is 1.88. The highest BCUT2D eigenvalue weighted by Gasteiger charge is 2.27. The van der Waals surface area contributed by atoms with Crippen LogP contribution in [-0.2, 0) is 11.3 Å². The summed E-state index contributed by atoms with van der Waals surface area (Å²) in [5, 5.41) is 1.15. The SMILES string of the molecule is Cc1sc2nc(CN3CCOCC3)nc(N3CCN(C(=O)c4ccc5c(c4)OCO5)CC3)c2c1C. The van der Waals surface area contributed by atoms with Gasteiger partial charge in [0, 0.05) is 49.7 Å². The molecular formula is C25H29N5O4S. The van der Waals surface area contributed by atoms with Crippen molar-refractivity contribution in [2.24, 2.45) is 0 Å². The molecule has 3 aliphatic heterocycles. The predicted octanol–water partition coefficient (Wildman–Crippen LogP) is 2.83. The number of thiophene rings is 1. The van der Waals surface area contributed by atoms with Crippen LogP contribution in [-0.4, -0.2) is 85.0 Å². The third-order valence-corrected chi connectivity index (χ3v) is 8.11. The first-order valence-electron chi connectivity index (χ1n) is 12.1. The fourth-order valence-corrected chi connectivity index (χ4v) is 5.91. The van der Waals surface area contributed by atoms with Crippen LogP contribution in [0.2, 0.25) is 0 Å². The Morgan fingerprint density at radius 1 is 1.00 bits per heavy atom. The third-order valence-electron chi connectivity index (χ3n) is 7.01. The molecule has 0 saturated carbocycles. The van der Waals surface area contributed by atoms with Gasteiger partial charge in [0.2, 0.25) is 6.79 Å². The van der Waals surface area contributed by atoms with Gasteiger partial charge in [-0.25, -0.2) is 9.97 Å². The minimum atomic E-state index is 0.0198. The van der Waals surface area contributed by atoms with E-state index in [0.29, 0.717) is 30.2 Å². The summed E-state index contributed by atoms with van der Waals surface area (Å²) >= 11 is 1.74. The van der Waals surface area contributed by atoms with E-state index < -0.39 is 0 Å².